The van der Waals surface area contributed by atoms with Crippen LogP contribution in [0.25, 0.3) is 0 Å². The second-order valence-corrected chi connectivity index (χ2v) is 5.23. The van der Waals surface area contributed by atoms with Crippen molar-refractivity contribution in [1.82, 2.24) is 4.90 Å². The van der Waals surface area contributed by atoms with Gasteiger partial charge in [0.25, 0.3) is 5.91 Å². The van der Waals surface area contributed by atoms with Gasteiger partial charge in [0.15, 0.2) is 0 Å². The van der Waals surface area contributed by atoms with E-state index in [-0.39, 0.29) is 5.91 Å². The molecule has 3 heteroatoms. The van der Waals surface area contributed by atoms with Crippen molar-refractivity contribution in [3.8, 4) is 0 Å². The first-order valence-electron chi connectivity index (χ1n) is 5.62. The van der Waals surface area contributed by atoms with Gasteiger partial charge in [-0.2, -0.15) is 0 Å². The van der Waals surface area contributed by atoms with Crippen LogP contribution in [0.4, 0.5) is 0 Å². The van der Waals surface area contributed by atoms with E-state index in [1.54, 1.807) is 0 Å². The van der Waals surface area contributed by atoms with Crippen LogP contribution < -0.4 is 0 Å². The van der Waals surface area contributed by atoms with E-state index < -0.39 is 0 Å². The summed E-state index contributed by atoms with van der Waals surface area (Å²) in [5.74, 6) is 1.58. The number of rotatable bonds is 3. The fraction of sp³-hybridized carbons (Fsp3) is 0.462. The Morgan fingerprint density at radius 2 is 2.25 bits per heavy atom. The highest BCUT2D eigenvalue weighted by molar-refractivity contribution is 7.80. The highest BCUT2D eigenvalue weighted by Gasteiger charge is 2.34. The van der Waals surface area contributed by atoms with Crippen LogP contribution in [-0.2, 0) is 0 Å². The van der Waals surface area contributed by atoms with E-state index in [1.807, 2.05) is 36.2 Å². The van der Waals surface area contributed by atoms with Crippen LogP contribution in [0.3, 0.4) is 0 Å². The molecule has 0 heterocycles. The minimum atomic E-state index is 0.0926. The van der Waals surface area contributed by atoms with Crippen molar-refractivity contribution in [2.75, 3.05) is 13.6 Å². The van der Waals surface area contributed by atoms with Crippen LogP contribution in [0, 0.1) is 11.8 Å². The van der Waals surface area contributed by atoms with Crippen LogP contribution >= 0.6 is 12.6 Å². The highest BCUT2D eigenvalue weighted by Crippen LogP contribution is 2.38. The number of carbonyl (C=O) groups excluding carboxylic acids is 1. The maximum absolute atomic E-state index is 12.1. The summed E-state index contributed by atoms with van der Waals surface area (Å²) in [5, 5.41) is 0. The summed E-state index contributed by atoms with van der Waals surface area (Å²) in [6, 6.07) is 7.40. The first-order chi connectivity index (χ1) is 7.58. The number of nitrogens with zero attached hydrogens (tertiary/aromatic N) is 1. The van der Waals surface area contributed by atoms with Crippen molar-refractivity contribution in [3.63, 3.8) is 0 Å². The van der Waals surface area contributed by atoms with Gasteiger partial charge in [-0.05, 0) is 36.5 Å². The molecule has 0 spiro atoms. The minimum Gasteiger partial charge on any atom is -0.341 e. The molecule has 2 rings (SSSR count). The average molecular weight is 235 g/mol. The number of hydrogen-bond donors (Lipinski definition) is 1. The maximum Gasteiger partial charge on any atom is 0.253 e. The van der Waals surface area contributed by atoms with Crippen LogP contribution in [0.5, 0.6) is 0 Å². The lowest BCUT2D eigenvalue weighted by molar-refractivity contribution is 0.0787. The van der Waals surface area contributed by atoms with Crippen molar-refractivity contribution in [2.24, 2.45) is 11.8 Å². The van der Waals surface area contributed by atoms with E-state index in [0.29, 0.717) is 5.92 Å². The summed E-state index contributed by atoms with van der Waals surface area (Å²) < 4.78 is 0. The quantitative estimate of drug-likeness (QED) is 0.799. The van der Waals surface area contributed by atoms with Crippen LogP contribution in [0.15, 0.2) is 29.2 Å². The van der Waals surface area contributed by atoms with Crippen LogP contribution in [-0.4, -0.2) is 24.4 Å². The van der Waals surface area contributed by atoms with Crippen molar-refractivity contribution in [2.45, 2.75) is 18.2 Å². The van der Waals surface area contributed by atoms with Gasteiger partial charge in [0.1, 0.15) is 0 Å². The molecule has 0 saturated heterocycles. The zero-order valence-corrected chi connectivity index (χ0v) is 10.6. The molecule has 0 aliphatic heterocycles. The molecular weight excluding hydrogens is 218 g/mol. The third-order valence-corrected chi connectivity index (χ3v) is 3.50. The number of benzene rings is 1. The van der Waals surface area contributed by atoms with Gasteiger partial charge in [-0.25, -0.2) is 0 Å². The Morgan fingerprint density at radius 1 is 1.56 bits per heavy atom. The molecular formula is C13H17NOS. The fourth-order valence-electron chi connectivity index (χ4n) is 1.95. The Kier molecular flexibility index (Phi) is 3.24. The van der Waals surface area contributed by atoms with Crippen molar-refractivity contribution in [1.29, 1.82) is 0 Å². The van der Waals surface area contributed by atoms with Crippen LogP contribution in [0.2, 0.25) is 0 Å². The summed E-state index contributed by atoms with van der Waals surface area (Å²) in [6.07, 6.45) is 1.25. The average Bonchev–Trinajstić information content (AvgIpc) is 2.93. The van der Waals surface area contributed by atoms with Crippen molar-refractivity contribution < 1.29 is 4.79 Å². The monoisotopic (exact) mass is 235 g/mol. The van der Waals surface area contributed by atoms with Crippen molar-refractivity contribution >= 4 is 18.5 Å². The van der Waals surface area contributed by atoms with Gasteiger partial charge in [0.2, 0.25) is 0 Å². The predicted octanol–water partition coefficient (Wildman–Crippen LogP) is 2.70. The number of amides is 1. The van der Waals surface area contributed by atoms with E-state index in [9.17, 15) is 4.79 Å². The smallest absolute Gasteiger partial charge is 0.253 e. The van der Waals surface area contributed by atoms with E-state index >= 15 is 0 Å². The van der Waals surface area contributed by atoms with Crippen LogP contribution in [0.1, 0.15) is 23.7 Å². The third-order valence-electron chi connectivity index (χ3n) is 3.22. The zero-order chi connectivity index (χ0) is 11.7. The molecule has 1 amide bonds. The Hall–Kier alpha value is -0.960. The van der Waals surface area contributed by atoms with Gasteiger partial charge in [-0.3, -0.25) is 4.79 Å². The van der Waals surface area contributed by atoms with Gasteiger partial charge < -0.3 is 4.90 Å². The zero-order valence-electron chi connectivity index (χ0n) is 9.68. The molecule has 0 N–H and O–H groups in total. The summed E-state index contributed by atoms with van der Waals surface area (Å²) in [7, 11) is 1.87. The third kappa shape index (κ3) is 2.59. The van der Waals surface area contributed by atoms with Gasteiger partial charge in [0.05, 0.1) is 0 Å². The lowest BCUT2D eigenvalue weighted by Crippen LogP contribution is -2.29. The molecule has 1 fully saturated rings. The molecule has 2 atom stereocenters. The number of thiol groups is 1. The Labute approximate surface area is 102 Å². The number of carbonyl (C=O) groups is 1. The summed E-state index contributed by atoms with van der Waals surface area (Å²) in [6.45, 7) is 3.11. The van der Waals surface area contributed by atoms with Crippen molar-refractivity contribution in [3.05, 3.63) is 29.8 Å². The highest BCUT2D eigenvalue weighted by atomic mass is 32.1. The SMILES string of the molecule is CC1CC1CN(C)C(=O)c1cccc(S)c1. The first-order valence-corrected chi connectivity index (χ1v) is 6.07. The molecule has 1 aliphatic carbocycles. The topological polar surface area (TPSA) is 20.3 Å². The number of hydrogen-bond acceptors (Lipinski definition) is 2. The minimum absolute atomic E-state index is 0.0926. The molecule has 1 saturated carbocycles. The largest absolute Gasteiger partial charge is 0.341 e. The van der Waals surface area contributed by atoms with Gasteiger partial charge in [-0.15, -0.1) is 12.6 Å². The second-order valence-electron chi connectivity index (χ2n) is 4.71. The molecule has 1 aliphatic rings. The fourth-order valence-corrected chi connectivity index (χ4v) is 2.17. The summed E-state index contributed by atoms with van der Waals surface area (Å²) in [5.41, 5.74) is 0.725. The molecule has 86 valence electrons. The molecule has 2 unspecified atom stereocenters. The summed E-state index contributed by atoms with van der Waals surface area (Å²) >= 11 is 4.24. The predicted molar refractivity (Wildman–Crippen MR) is 67.9 cm³/mol. The molecule has 0 radical (unpaired) electrons. The Bertz CT molecular complexity index is 405. The molecule has 0 bridgehead atoms. The maximum atomic E-state index is 12.1. The second kappa shape index (κ2) is 4.50. The summed E-state index contributed by atoms with van der Waals surface area (Å²) in [4.78, 5) is 14.7. The van der Waals surface area contributed by atoms with Gasteiger partial charge in [-0.1, -0.05) is 13.0 Å². The standard InChI is InChI=1S/C13H17NOS/c1-9-6-11(9)8-14(2)13(15)10-4-3-5-12(16)7-10/h3-5,7,9,11,16H,6,8H2,1-2H3. The van der Waals surface area contributed by atoms with E-state index in [4.69, 9.17) is 0 Å². The molecule has 16 heavy (non-hydrogen) atoms. The van der Waals surface area contributed by atoms with E-state index in [2.05, 4.69) is 19.6 Å². The molecule has 2 nitrogen and oxygen atoms in total. The van der Waals surface area contributed by atoms with E-state index in [0.717, 1.165) is 22.9 Å². The lowest BCUT2D eigenvalue weighted by atomic mass is 10.2. The van der Waals surface area contributed by atoms with E-state index in [1.165, 1.54) is 6.42 Å². The molecule has 1 aromatic rings. The molecule has 1 aromatic carbocycles. The lowest BCUT2D eigenvalue weighted by Gasteiger charge is -2.17. The Balaban J connectivity index is 2.01. The first kappa shape index (κ1) is 11.5. The Morgan fingerprint density at radius 3 is 2.81 bits per heavy atom. The van der Waals surface area contributed by atoms with Gasteiger partial charge in [0, 0.05) is 24.1 Å². The normalized spacial score (nSPS) is 22.9. The van der Waals surface area contributed by atoms with Gasteiger partial charge >= 0.3 is 0 Å². The molecule has 0 aromatic heterocycles.